The summed E-state index contributed by atoms with van der Waals surface area (Å²) in [6.07, 6.45) is 1.60. The predicted octanol–water partition coefficient (Wildman–Crippen LogP) is 4.31. The number of carbonyl (C=O) groups excluding carboxylic acids is 2. The van der Waals surface area contributed by atoms with Crippen molar-refractivity contribution in [3.63, 3.8) is 0 Å². The first-order valence-electron chi connectivity index (χ1n) is 10.9. The van der Waals surface area contributed by atoms with Crippen LogP contribution in [0, 0.1) is 13.8 Å². The van der Waals surface area contributed by atoms with E-state index >= 15 is 0 Å². The number of hydrogen-bond donors (Lipinski definition) is 4. The number of hydrogen-bond acceptors (Lipinski definition) is 8. The van der Waals surface area contributed by atoms with Crippen LogP contribution in [-0.2, 0) is 9.59 Å². The molecule has 4 rings (SSSR count). The highest BCUT2D eigenvalue weighted by Crippen LogP contribution is 2.33. The first-order chi connectivity index (χ1) is 17.5. The number of aromatic carboxylic acids is 1. The summed E-state index contributed by atoms with van der Waals surface area (Å²) in [6.45, 7) is 3.26. The number of carboxylic acids is 1. The Morgan fingerprint density at radius 2 is 1.81 bits per heavy atom. The lowest BCUT2D eigenvalue weighted by atomic mass is 10.0. The van der Waals surface area contributed by atoms with E-state index in [9.17, 15) is 24.6 Å². The highest BCUT2D eigenvalue weighted by atomic mass is 32.2. The summed E-state index contributed by atoms with van der Waals surface area (Å²) in [5, 5.41) is 31.4. The minimum atomic E-state index is -1.30. The number of thiocarbonyl (C=S) groups is 1. The molecule has 37 heavy (non-hydrogen) atoms. The number of aryl methyl sites for hydroxylation is 2. The van der Waals surface area contributed by atoms with Crippen molar-refractivity contribution in [3.8, 4) is 22.8 Å². The topological polar surface area (TPSA) is 140 Å². The number of pyridine rings is 1. The second-order valence-corrected chi connectivity index (χ2v) is 9.94. The third kappa shape index (κ3) is 5.63. The number of benzene rings is 2. The Morgan fingerprint density at radius 1 is 1.11 bits per heavy atom. The van der Waals surface area contributed by atoms with Crippen LogP contribution in [0.3, 0.4) is 0 Å². The third-order valence-electron chi connectivity index (χ3n) is 5.52. The van der Waals surface area contributed by atoms with Gasteiger partial charge in [-0.05, 0) is 67.4 Å². The molecule has 0 unspecified atom stereocenters. The minimum Gasteiger partial charge on any atom is -0.507 e. The number of amides is 2. The molecule has 0 radical (unpaired) electrons. The predicted molar refractivity (Wildman–Crippen MR) is 144 cm³/mol. The number of thioether (sulfide) groups is 1. The smallest absolute Gasteiger partial charge is 0.339 e. The van der Waals surface area contributed by atoms with Gasteiger partial charge in [0.15, 0.2) is 0 Å². The van der Waals surface area contributed by atoms with Gasteiger partial charge in [-0.2, -0.15) is 0 Å². The lowest BCUT2D eigenvalue weighted by Gasteiger charge is -2.14. The van der Waals surface area contributed by atoms with Gasteiger partial charge in [-0.3, -0.25) is 14.5 Å². The second-order valence-electron chi connectivity index (χ2n) is 8.26. The van der Waals surface area contributed by atoms with Gasteiger partial charge in [0.1, 0.15) is 27.9 Å². The fourth-order valence-corrected chi connectivity index (χ4v) is 4.94. The molecule has 0 bridgehead atoms. The summed E-state index contributed by atoms with van der Waals surface area (Å²) in [5.41, 5.74) is 3.37. The number of nitrogens with one attached hydrogen (secondary N) is 1. The van der Waals surface area contributed by atoms with Crippen LogP contribution in [0.4, 0.5) is 5.69 Å². The van der Waals surface area contributed by atoms with Crippen LogP contribution < -0.4 is 5.32 Å². The molecule has 0 aliphatic carbocycles. The van der Waals surface area contributed by atoms with E-state index in [1.807, 2.05) is 38.1 Å². The third-order valence-corrected chi connectivity index (χ3v) is 6.90. The van der Waals surface area contributed by atoms with Gasteiger partial charge in [-0.25, -0.2) is 9.78 Å². The summed E-state index contributed by atoms with van der Waals surface area (Å²) >= 11 is 6.35. The maximum absolute atomic E-state index is 13.0. The largest absolute Gasteiger partial charge is 0.507 e. The molecule has 188 valence electrons. The number of anilines is 1. The van der Waals surface area contributed by atoms with E-state index in [0.29, 0.717) is 16.3 Å². The first kappa shape index (κ1) is 25.9. The minimum absolute atomic E-state index is 0.175. The highest BCUT2D eigenvalue weighted by Gasteiger charge is 2.33. The van der Waals surface area contributed by atoms with Crippen LogP contribution in [0.15, 0.2) is 53.4 Å². The zero-order chi connectivity index (χ0) is 26.9. The van der Waals surface area contributed by atoms with Crippen molar-refractivity contribution >= 4 is 57.8 Å². The molecule has 1 saturated heterocycles. The molecule has 1 aromatic heterocycles. The van der Waals surface area contributed by atoms with Crippen molar-refractivity contribution in [1.29, 1.82) is 0 Å². The molecular weight excluding hydrogens is 514 g/mol. The molecule has 0 spiro atoms. The van der Waals surface area contributed by atoms with E-state index in [1.54, 1.807) is 12.1 Å². The maximum atomic E-state index is 13.0. The SMILES string of the molecule is Cc1cc(-c2cccc(C=C3SC(=S)N(CC(=O)Nc4ccc(C(=O)O)c(O)c4)C3=O)n2)cc(C)c1O. The van der Waals surface area contributed by atoms with Gasteiger partial charge >= 0.3 is 5.97 Å². The molecular formula is C26H21N3O6S2. The molecule has 9 nitrogen and oxygen atoms in total. The van der Waals surface area contributed by atoms with Gasteiger partial charge in [0, 0.05) is 17.3 Å². The molecule has 3 aromatic rings. The van der Waals surface area contributed by atoms with Gasteiger partial charge in [-0.1, -0.05) is 30.0 Å². The lowest BCUT2D eigenvalue weighted by Crippen LogP contribution is -2.36. The molecule has 2 amide bonds. The van der Waals surface area contributed by atoms with Crippen LogP contribution in [0.5, 0.6) is 11.5 Å². The zero-order valence-electron chi connectivity index (χ0n) is 19.7. The normalized spacial score (nSPS) is 14.3. The van der Waals surface area contributed by atoms with E-state index in [4.69, 9.17) is 17.3 Å². The first-order valence-corrected chi connectivity index (χ1v) is 12.1. The fourth-order valence-electron chi connectivity index (χ4n) is 3.70. The van der Waals surface area contributed by atoms with Gasteiger partial charge in [-0.15, -0.1) is 0 Å². The maximum Gasteiger partial charge on any atom is 0.339 e. The van der Waals surface area contributed by atoms with Crippen molar-refractivity contribution in [2.45, 2.75) is 13.8 Å². The Balaban J connectivity index is 1.48. The standard InChI is InChI=1S/C26H21N3O6S2/c1-13-8-15(9-14(2)23(13)32)19-5-3-4-16(27-19)11-21-24(33)29(26(36)37-21)12-22(31)28-17-6-7-18(25(34)35)20(30)10-17/h3-11,30,32H,12H2,1-2H3,(H,28,31)(H,34,35). The second kappa shape index (κ2) is 10.4. The molecule has 1 aliphatic rings. The monoisotopic (exact) mass is 535 g/mol. The molecule has 1 fully saturated rings. The van der Waals surface area contributed by atoms with Gasteiger partial charge in [0.05, 0.1) is 16.3 Å². The quantitative estimate of drug-likeness (QED) is 0.268. The number of carboxylic acid groups (broad SMARTS) is 1. The molecule has 4 N–H and O–H groups in total. The van der Waals surface area contributed by atoms with Gasteiger partial charge in [0.25, 0.3) is 5.91 Å². The van der Waals surface area contributed by atoms with Crippen molar-refractivity contribution in [2.75, 3.05) is 11.9 Å². The van der Waals surface area contributed by atoms with E-state index in [1.165, 1.54) is 6.07 Å². The van der Waals surface area contributed by atoms with Crippen LogP contribution in [0.2, 0.25) is 0 Å². The number of phenolic OH excluding ortho intramolecular Hbond substituents is 1. The van der Waals surface area contributed by atoms with Crippen LogP contribution in [-0.4, -0.2) is 53.9 Å². The molecule has 1 aliphatic heterocycles. The molecule has 2 aromatic carbocycles. The molecule has 11 heteroatoms. The van der Waals surface area contributed by atoms with Crippen molar-refractivity contribution < 1.29 is 29.7 Å². The Labute approximate surface area is 221 Å². The molecule has 0 atom stereocenters. The number of carbonyl (C=O) groups is 3. The molecule has 2 heterocycles. The van der Waals surface area contributed by atoms with E-state index < -0.39 is 23.5 Å². The Hall–Kier alpha value is -4.22. The average molecular weight is 536 g/mol. The summed E-state index contributed by atoms with van der Waals surface area (Å²) < 4.78 is 0.205. The number of aromatic nitrogens is 1. The number of rotatable bonds is 6. The highest BCUT2D eigenvalue weighted by molar-refractivity contribution is 8.26. The number of nitrogens with zero attached hydrogens (tertiary/aromatic N) is 2. The Morgan fingerprint density at radius 3 is 2.46 bits per heavy atom. The van der Waals surface area contributed by atoms with Crippen molar-refractivity contribution in [3.05, 3.63) is 75.8 Å². The van der Waals surface area contributed by atoms with Crippen LogP contribution in [0.1, 0.15) is 27.2 Å². The number of phenols is 2. The van der Waals surface area contributed by atoms with Crippen LogP contribution in [0.25, 0.3) is 17.3 Å². The average Bonchev–Trinajstić information content (AvgIpc) is 3.09. The van der Waals surface area contributed by atoms with Crippen LogP contribution >= 0.6 is 24.0 Å². The van der Waals surface area contributed by atoms with Gasteiger partial charge in [0.2, 0.25) is 5.91 Å². The van der Waals surface area contributed by atoms with Crippen molar-refractivity contribution in [1.82, 2.24) is 9.88 Å². The van der Waals surface area contributed by atoms with E-state index in [-0.39, 0.29) is 27.9 Å². The summed E-state index contributed by atoms with van der Waals surface area (Å²) in [4.78, 5) is 42.6. The summed E-state index contributed by atoms with van der Waals surface area (Å²) in [6, 6.07) is 12.7. The Bertz CT molecular complexity index is 1480. The molecule has 0 saturated carbocycles. The van der Waals surface area contributed by atoms with Gasteiger partial charge < -0.3 is 20.6 Å². The van der Waals surface area contributed by atoms with Crippen molar-refractivity contribution in [2.24, 2.45) is 0 Å². The van der Waals surface area contributed by atoms with E-state index in [2.05, 4.69) is 10.3 Å². The van der Waals surface area contributed by atoms with E-state index in [0.717, 1.165) is 45.5 Å². The zero-order valence-corrected chi connectivity index (χ0v) is 21.3. The fraction of sp³-hybridized carbons (Fsp3) is 0.115. The number of aromatic hydroxyl groups is 2. The summed E-state index contributed by atoms with van der Waals surface area (Å²) in [5.74, 6) is -2.57. The lowest BCUT2D eigenvalue weighted by molar-refractivity contribution is -0.126. The Kier molecular flexibility index (Phi) is 7.28. The summed E-state index contributed by atoms with van der Waals surface area (Å²) in [7, 11) is 0.